The van der Waals surface area contributed by atoms with Gasteiger partial charge in [0.1, 0.15) is 0 Å². The molecular formula is C4H11O6PS. The van der Waals surface area contributed by atoms with Crippen LogP contribution >= 0.6 is 7.60 Å². The van der Waals surface area contributed by atoms with Crippen molar-refractivity contribution in [1.82, 2.24) is 0 Å². The maximum atomic E-state index is 11.2. The lowest BCUT2D eigenvalue weighted by Crippen LogP contribution is -2.09. The van der Waals surface area contributed by atoms with Gasteiger partial charge in [0.15, 0.2) is 5.49 Å². The molecule has 0 bridgehead atoms. The first-order chi connectivity index (χ1) is 5.39. The molecule has 0 amide bonds. The third kappa shape index (κ3) is 3.64. The van der Waals surface area contributed by atoms with E-state index in [0.29, 0.717) is 0 Å². The minimum absolute atomic E-state index is 0.774. The maximum absolute atomic E-state index is 11.2. The van der Waals surface area contributed by atoms with Gasteiger partial charge in [-0.1, -0.05) is 0 Å². The molecule has 0 aromatic carbocycles. The Hall–Kier alpha value is 0.0600. The average molecular weight is 218 g/mol. The molecule has 0 heterocycles. The average Bonchev–Trinajstić information content (AvgIpc) is 2.04. The summed E-state index contributed by atoms with van der Waals surface area (Å²) < 4.78 is 45.7. The van der Waals surface area contributed by atoms with Gasteiger partial charge in [-0.15, -0.1) is 0 Å². The molecule has 0 spiro atoms. The molecule has 0 aromatic heterocycles. The monoisotopic (exact) mass is 218 g/mol. The van der Waals surface area contributed by atoms with Crippen LogP contribution in [0.15, 0.2) is 0 Å². The van der Waals surface area contributed by atoms with Crippen molar-refractivity contribution in [3.63, 3.8) is 0 Å². The SMILES string of the molecule is COP(=O)(CS(=O)(=O)OC)OC. The fourth-order valence-corrected chi connectivity index (χ4v) is 3.39. The molecular weight excluding hydrogens is 207 g/mol. The Bertz CT molecular complexity index is 261. The van der Waals surface area contributed by atoms with Crippen LogP contribution in [-0.2, 0) is 27.9 Å². The van der Waals surface area contributed by atoms with E-state index < -0.39 is 23.2 Å². The molecule has 0 aromatic rings. The summed E-state index contributed by atoms with van der Waals surface area (Å²) in [7, 11) is -4.16. The number of rotatable bonds is 5. The normalized spacial score (nSPS) is 13.2. The number of hydrogen-bond donors (Lipinski definition) is 0. The van der Waals surface area contributed by atoms with E-state index in [1.165, 1.54) is 0 Å². The molecule has 0 aliphatic rings. The van der Waals surface area contributed by atoms with Crippen LogP contribution in [0.5, 0.6) is 0 Å². The molecule has 6 nitrogen and oxygen atoms in total. The van der Waals surface area contributed by atoms with Crippen LogP contribution in [-0.4, -0.2) is 35.2 Å². The lowest BCUT2D eigenvalue weighted by atomic mass is 11.8. The van der Waals surface area contributed by atoms with Crippen LogP contribution in [0, 0.1) is 0 Å². The Kier molecular flexibility index (Phi) is 4.36. The predicted octanol–water partition coefficient (Wildman–Crippen LogP) is 0.406. The van der Waals surface area contributed by atoms with E-state index in [1.807, 2.05) is 0 Å². The summed E-state index contributed by atoms with van der Waals surface area (Å²) in [5.74, 6) is 0. The van der Waals surface area contributed by atoms with Crippen molar-refractivity contribution in [2.45, 2.75) is 0 Å². The van der Waals surface area contributed by atoms with Crippen LogP contribution in [0.3, 0.4) is 0 Å². The zero-order valence-electron chi connectivity index (χ0n) is 7.01. The van der Waals surface area contributed by atoms with Gasteiger partial charge in [0.25, 0.3) is 10.1 Å². The second kappa shape index (κ2) is 4.34. The summed E-state index contributed by atoms with van der Waals surface area (Å²) in [6.07, 6.45) is 0. The molecule has 0 saturated heterocycles. The minimum atomic E-state index is -3.81. The van der Waals surface area contributed by atoms with Crippen LogP contribution < -0.4 is 0 Å². The molecule has 0 aliphatic carbocycles. The van der Waals surface area contributed by atoms with Gasteiger partial charge in [0, 0.05) is 14.2 Å². The van der Waals surface area contributed by atoms with Gasteiger partial charge in [-0.2, -0.15) is 8.42 Å². The summed E-state index contributed by atoms with van der Waals surface area (Å²) in [5, 5.41) is 0. The maximum Gasteiger partial charge on any atom is 0.347 e. The van der Waals surface area contributed by atoms with Gasteiger partial charge in [-0.25, -0.2) is 0 Å². The smallest absolute Gasteiger partial charge is 0.311 e. The molecule has 0 aliphatic heterocycles. The lowest BCUT2D eigenvalue weighted by molar-refractivity contribution is 0.278. The Labute approximate surface area is 71.5 Å². The van der Waals surface area contributed by atoms with Crippen LogP contribution in [0.4, 0.5) is 0 Å². The summed E-state index contributed by atoms with van der Waals surface area (Å²) >= 11 is 0. The highest BCUT2D eigenvalue weighted by Crippen LogP contribution is 2.47. The molecule has 0 atom stereocenters. The Morgan fingerprint density at radius 1 is 1.17 bits per heavy atom. The largest absolute Gasteiger partial charge is 0.347 e. The molecule has 12 heavy (non-hydrogen) atoms. The van der Waals surface area contributed by atoms with Gasteiger partial charge in [0.05, 0.1) is 7.11 Å². The van der Waals surface area contributed by atoms with Gasteiger partial charge in [0.2, 0.25) is 0 Å². The molecule has 0 rings (SSSR count). The Morgan fingerprint density at radius 2 is 1.58 bits per heavy atom. The fraction of sp³-hybridized carbons (Fsp3) is 1.00. The topological polar surface area (TPSA) is 78.9 Å². The predicted molar refractivity (Wildman–Crippen MR) is 42.4 cm³/mol. The summed E-state index contributed by atoms with van der Waals surface area (Å²) in [5.41, 5.74) is -0.774. The van der Waals surface area contributed by atoms with Crippen molar-refractivity contribution in [2.24, 2.45) is 0 Å². The van der Waals surface area contributed by atoms with E-state index in [1.54, 1.807) is 0 Å². The van der Waals surface area contributed by atoms with E-state index in [9.17, 15) is 13.0 Å². The molecule has 8 heteroatoms. The van der Waals surface area contributed by atoms with Crippen LogP contribution in [0.1, 0.15) is 0 Å². The fourth-order valence-electron chi connectivity index (χ4n) is 0.426. The second-order valence-corrected chi connectivity index (χ2v) is 6.26. The van der Waals surface area contributed by atoms with Crippen molar-refractivity contribution in [3.8, 4) is 0 Å². The number of hydrogen-bond acceptors (Lipinski definition) is 6. The lowest BCUT2D eigenvalue weighted by Gasteiger charge is -2.11. The van der Waals surface area contributed by atoms with Gasteiger partial charge in [-0.3, -0.25) is 8.75 Å². The quantitative estimate of drug-likeness (QED) is 0.491. The van der Waals surface area contributed by atoms with E-state index in [0.717, 1.165) is 21.3 Å². The Balaban J connectivity index is 4.54. The van der Waals surface area contributed by atoms with Crippen LogP contribution in [0.25, 0.3) is 0 Å². The van der Waals surface area contributed by atoms with Crippen molar-refractivity contribution >= 4 is 17.7 Å². The highest BCUT2D eigenvalue weighted by molar-refractivity contribution is 7.93. The molecule has 74 valence electrons. The molecule has 0 unspecified atom stereocenters. The van der Waals surface area contributed by atoms with Crippen LogP contribution in [0.2, 0.25) is 0 Å². The summed E-state index contributed by atoms with van der Waals surface area (Å²) in [6.45, 7) is 0. The van der Waals surface area contributed by atoms with Gasteiger partial charge < -0.3 is 9.05 Å². The van der Waals surface area contributed by atoms with E-state index in [4.69, 9.17) is 0 Å². The first kappa shape index (κ1) is 12.1. The van der Waals surface area contributed by atoms with Crippen molar-refractivity contribution in [2.75, 3.05) is 26.8 Å². The summed E-state index contributed by atoms with van der Waals surface area (Å²) in [4.78, 5) is 0. The van der Waals surface area contributed by atoms with Gasteiger partial charge in [-0.05, 0) is 0 Å². The third-order valence-electron chi connectivity index (χ3n) is 1.13. The molecule has 0 N–H and O–H groups in total. The zero-order valence-corrected chi connectivity index (χ0v) is 8.72. The van der Waals surface area contributed by atoms with E-state index >= 15 is 0 Å². The Morgan fingerprint density at radius 3 is 1.83 bits per heavy atom. The molecule has 0 fully saturated rings. The van der Waals surface area contributed by atoms with Gasteiger partial charge >= 0.3 is 7.60 Å². The zero-order chi connectivity index (χ0) is 9.83. The van der Waals surface area contributed by atoms with E-state index in [2.05, 4.69) is 13.2 Å². The summed E-state index contributed by atoms with van der Waals surface area (Å²) in [6, 6.07) is 0. The second-order valence-electron chi connectivity index (χ2n) is 1.83. The van der Waals surface area contributed by atoms with Crippen molar-refractivity contribution < 1.29 is 26.2 Å². The first-order valence-electron chi connectivity index (χ1n) is 2.88. The highest BCUT2D eigenvalue weighted by Gasteiger charge is 2.29. The van der Waals surface area contributed by atoms with E-state index in [-0.39, 0.29) is 0 Å². The van der Waals surface area contributed by atoms with Crippen molar-refractivity contribution in [1.29, 1.82) is 0 Å². The highest BCUT2D eigenvalue weighted by atomic mass is 32.2. The van der Waals surface area contributed by atoms with Crippen molar-refractivity contribution in [3.05, 3.63) is 0 Å². The third-order valence-corrected chi connectivity index (χ3v) is 5.28. The molecule has 0 radical (unpaired) electrons. The molecule has 0 saturated carbocycles. The minimum Gasteiger partial charge on any atom is -0.311 e. The first-order valence-corrected chi connectivity index (χ1v) is 6.18. The standard InChI is InChI=1S/C4H11O6PS/c1-8-11(5,9-2)4-12(6,7)10-3/h4H2,1-3H3.